The molecule has 0 aliphatic rings. The number of halogens is 3. The molecule has 19 heavy (non-hydrogen) atoms. The zero-order chi connectivity index (χ0) is 13.6. The van der Waals surface area contributed by atoms with Crippen LogP contribution in [0.5, 0.6) is 0 Å². The normalized spacial score (nSPS) is 13.1. The van der Waals surface area contributed by atoms with Gasteiger partial charge in [-0.15, -0.1) is 22.7 Å². The summed E-state index contributed by atoms with van der Waals surface area (Å²) in [4.78, 5) is 0.719. The van der Waals surface area contributed by atoms with E-state index in [4.69, 9.17) is 23.2 Å². The van der Waals surface area contributed by atoms with Gasteiger partial charge in [0.05, 0.1) is 4.34 Å². The Kier molecular flexibility index (Phi) is 3.53. The second-order valence-electron chi connectivity index (χ2n) is 4.01. The minimum absolute atomic E-state index is 0.285. The van der Waals surface area contributed by atoms with Gasteiger partial charge in [0.2, 0.25) is 0 Å². The van der Waals surface area contributed by atoms with E-state index in [0.717, 1.165) is 15.0 Å². The fraction of sp³-hybridized carbons (Fsp3) is 0.0769. The maximum atomic E-state index is 13.1. The molecule has 0 fully saturated rings. The second-order valence-corrected chi connectivity index (χ2v) is 7.41. The van der Waals surface area contributed by atoms with E-state index < -0.39 is 6.10 Å². The molecule has 0 radical (unpaired) electrons. The van der Waals surface area contributed by atoms with Gasteiger partial charge in [-0.05, 0) is 29.7 Å². The maximum absolute atomic E-state index is 13.1. The van der Waals surface area contributed by atoms with Gasteiger partial charge in [-0.1, -0.05) is 29.3 Å². The highest BCUT2D eigenvalue weighted by molar-refractivity contribution is 7.20. The molecule has 1 aromatic carbocycles. The summed E-state index contributed by atoms with van der Waals surface area (Å²) in [5.41, 5.74) is 0.587. The van der Waals surface area contributed by atoms with Crippen LogP contribution in [0.4, 0.5) is 4.39 Å². The van der Waals surface area contributed by atoms with Crippen molar-refractivity contribution in [3.8, 4) is 0 Å². The highest BCUT2D eigenvalue weighted by Crippen LogP contribution is 2.40. The van der Waals surface area contributed by atoms with Crippen LogP contribution in [-0.2, 0) is 0 Å². The van der Waals surface area contributed by atoms with Gasteiger partial charge in [-0.2, -0.15) is 0 Å². The summed E-state index contributed by atoms with van der Waals surface area (Å²) in [5.74, 6) is -0.285. The molecule has 3 rings (SSSR count). The molecule has 1 N–H and O–H groups in total. The number of rotatable bonds is 2. The number of thiophene rings is 2. The molecule has 2 heterocycles. The SMILES string of the molecule is OC(c1cc2ccc(F)cc2s1)c1cc(Cl)sc1Cl. The Labute approximate surface area is 126 Å². The van der Waals surface area contributed by atoms with Gasteiger partial charge >= 0.3 is 0 Å². The lowest BCUT2D eigenvalue weighted by Gasteiger charge is -2.06. The van der Waals surface area contributed by atoms with Gasteiger partial charge in [0.25, 0.3) is 0 Å². The first-order valence-corrected chi connectivity index (χ1v) is 7.75. The molecule has 0 bridgehead atoms. The number of aliphatic hydroxyl groups is 1. The molecule has 1 atom stereocenters. The largest absolute Gasteiger partial charge is 0.383 e. The maximum Gasteiger partial charge on any atom is 0.124 e. The fourth-order valence-electron chi connectivity index (χ4n) is 1.85. The summed E-state index contributed by atoms with van der Waals surface area (Å²) >= 11 is 14.5. The average Bonchev–Trinajstić information content (AvgIpc) is 2.91. The van der Waals surface area contributed by atoms with E-state index in [1.54, 1.807) is 12.1 Å². The van der Waals surface area contributed by atoms with Gasteiger partial charge < -0.3 is 5.11 Å². The summed E-state index contributed by atoms with van der Waals surface area (Å²) in [6.07, 6.45) is -0.836. The predicted molar refractivity (Wildman–Crippen MR) is 80.2 cm³/mol. The summed E-state index contributed by atoms with van der Waals surface area (Å²) in [7, 11) is 0. The molecule has 0 saturated carbocycles. The van der Waals surface area contributed by atoms with Crippen molar-refractivity contribution in [3.63, 3.8) is 0 Å². The third-order valence-electron chi connectivity index (χ3n) is 2.75. The van der Waals surface area contributed by atoms with Crippen LogP contribution in [0.1, 0.15) is 16.5 Å². The Bertz CT molecular complexity index is 750. The second kappa shape index (κ2) is 5.04. The summed E-state index contributed by atoms with van der Waals surface area (Å²) < 4.78 is 14.9. The molecule has 0 aliphatic carbocycles. The average molecular weight is 333 g/mol. The highest BCUT2D eigenvalue weighted by atomic mass is 35.5. The van der Waals surface area contributed by atoms with E-state index in [2.05, 4.69) is 0 Å². The Morgan fingerprint density at radius 1 is 1.11 bits per heavy atom. The van der Waals surface area contributed by atoms with Crippen molar-refractivity contribution in [1.82, 2.24) is 0 Å². The fourth-order valence-corrected chi connectivity index (χ4v) is 4.47. The molecule has 6 heteroatoms. The number of hydrogen-bond donors (Lipinski definition) is 1. The van der Waals surface area contributed by atoms with Crippen molar-refractivity contribution in [3.05, 3.63) is 55.3 Å². The molecular formula is C13H7Cl2FOS2. The van der Waals surface area contributed by atoms with E-state index in [9.17, 15) is 9.50 Å². The van der Waals surface area contributed by atoms with E-state index in [1.165, 1.54) is 34.8 Å². The van der Waals surface area contributed by atoms with Crippen molar-refractivity contribution in [2.75, 3.05) is 0 Å². The Morgan fingerprint density at radius 2 is 1.89 bits per heavy atom. The summed E-state index contributed by atoms with van der Waals surface area (Å²) in [6.45, 7) is 0. The molecule has 3 aromatic rings. The van der Waals surface area contributed by atoms with Crippen molar-refractivity contribution >= 4 is 56.0 Å². The minimum atomic E-state index is -0.836. The van der Waals surface area contributed by atoms with Crippen LogP contribution in [0.3, 0.4) is 0 Å². The van der Waals surface area contributed by atoms with E-state index in [-0.39, 0.29) is 5.82 Å². The smallest absolute Gasteiger partial charge is 0.124 e. The number of fused-ring (bicyclic) bond motifs is 1. The Balaban J connectivity index is 2.06. The number of hydrogen-bond acceptors (Lipinski definition) is 3. The summed E-state index contributed by atoms with van der Waals surface area (Å²) in [6, 6.07) is 8.05. The van der Waals surface area contributed by atoms with Crippen LogP contribution in [-0.4, -0.2) is 5.11 Å². The monoisotopic (exact) mass is 332 g/mol. The first-order chi connectivity index (χ1) is 9.04. The van der Waals surface area contributed by atoms with Crippen LogP contribution in [0.2, 0.25) is 8.67 Å². The van der Waals surface area contributed by atoms with Crippen molar-refractivity contribution in [2.45, 2.75) is 6.10 Å². The lowest BCUT2D eigenvalue weighted by Crippen LogP contribution is -1.94. The van der Waals surface area contributed by atoms with Crippen LogP contribution in [0.25, 0.3) is 10.1 Å². The van der Waals surface area contributed by atoms with Crippen molar-refractivity contribution < 1.29 is 9.50 Å². The first kappa shape index (κ1) is 13.3. The number of benzene rings is 1. The van der Waals surface area contributed by atoms with Gasteiger partial charge in [0, 0.05) is 15.1 Å². The zero-order valence-corrected chi connectivity index (χ0v) is 12.5. The molecule has 0 aliphatic heterocycles. The first-order valence-electron chi connectivity index (χ1n) is 5.36. The molecule has 1 unspecified atom stereocenters. The lowest BCUT2D eigenvalue weighted by atomic mass is 10.1. The molecule has 1 nitrogen and oxygen atoms in total. The molecule has 2 aromatic heterocycles. The van der Waals surface area contributed by atoms with Gasteiger partial charge in [-0.25, -0.2) is 4.39 Å². The van der Waals surface area contributed by atoms with Crippen LogP contribution in [0, 0.1) is 5.82 Å². The Morgan fingerprint density at radius 3 is 2.58 bits per heavy atom. The predicted octanol–water partition coefficient (Wildman–Crippen LogP) is 5.49. The lowest BCUT2D eigenvalue weighted by molar-refractivity contribution is 0.225. The van der Waals surface area contributed by atoms with Crippen molar-refractivity contribution in [2.24, 2.45) is 0 Å². The van der Waals surface area contributed by atoms with E-state index in [1.807, 2.05) is 6.07 Å². The van der Waals surface area contributed by atoms with Crippen LogP contribution >= 0.6 is 45.9 Å². The standard InChI is InChI=1S/C13H7Cl2FOS2/c14-11-5-8(13(15)19-11)12(17)10-3-6-1-2-7(16)4-9(6)18-10/h1-5,12,17H. The van der Waals surface area contributed by atoms with Crippen LogP contribution in [0.15, 0.2) is 30.3 Å². The molecule has 98 valence electrons. The third-order valence-corrected chi connectivity index (χ3v) is 5.42. The van der Waals surface area contributed by atoms with Crippen molar-refractivity contribution in [1.29, 1.82) is 0 Å². The highest BCUT2D eigenvalue weighted by Gasteiger charge is 2.19. The summed E-state index contributed by atoms with van der Waals surface area (Å²) in [5, 5.41) is 11.2. The third kappa shape index (κ3) is 2.51. The van der Waals surface area contributed by atoms with Gasteiger partial charge in [-0.3, -0.25) is 0 Å². The topological polar surface area (TPSA) is 20.2 Å². The zero-order valence-electron chi connectivity index (χ0n) is 9.36. The quantitative estimate of drug-likeness (QED) is 0.657. The minimum Gasteiger partial charge on any atom is -0.383 e. The van der Waals surface area contributed by atoms with E-state index in [0.29, 0.717) is 14.2 Å². The molecule has 0 saturated heterocycles. The van der Waals surface area contributed by atoms with Gasteiger partial charge in [0.1, 0.15) is 16.3 Å². The number of aliphatic hydroxyl groups excluding tert-OH is 1. The van der Waals surface area contributed by atoms with Crippen LogP contribution < -0.4 is 0 Å². The van der Waals surface area contributed by atoms with E-state index >= 15 is 0 Å². The Hall–Kier alpha value is -0.650. The molecule has 0 spiro atoms. The molecular weight excluding hydrogens is 326 g/mol. The molecule has 0 amide bonds. The van der Waals surface area contributed by atoms with Gasteiger partial charge in [0.15, 0.2) is 0 Å².